The molecule has 1 fully saturated rings. The monoisotopic (exact) mass is 329 g/mol. The maximum absolute atomic E-state index is 12.6. The van der Waals surface area contributed by atoms with Crippen LogP contribution in [0.2, 0.25) is 0 Å². The molecule has 1 amide bonds. The van der Waals surface area contributed by atoms with Gasteiger partial charge >= 0.3 is 5.97 Å². The number of benzene rings is 1. The maximum atomic E-state index is 12.6. The maximum Gasteiger partial charge on any atom is 0.306 e. The first-order chi connectivity index (χ1) is 11.3. The average molecular weight is 329 g/mol. The molecule has 130 valence electrons. The first-order valence-corrected chi connectivity index (χ1v) is 8.49. The molecule has 2 unspecified atom stereocenters. The van der Waals surface area contributed by atoms with Gasteiger partial charge in [-0.3, -0.25) is 9.59 Å². The van der Waals surface area contributed by atoms with Crippen LogP contribution in [0.4, 0.5) is 0 Å². The van der Waals surface area contributed by atoms with Gasteiger partial charge in [0.15, 0.2) is 0 Å². The molecule has 4 nitrogen and oxygen atoms in total. The molecule has 0 aromatic heterocycles. The SMILES string of the molecule is C=CC1CN(C(=O)c2ccccc2)CCC1CC(=O)OC(C)(C)C. The number of nitrogens with zero attached hydrogens (tertiary/aromatic N) is 1. The van der Waals surface area contributed by atoms with Gasteiger partial charge in [-0.1, -0.05) is 24.3 Å². The third-order valence-corrected chi connectivity index (χ3v) is 4.27. The third-order valence-electron chi connectivity index (χ3n) is 4.27. The highest BCUT2D eigenvalue weighted by Gasteiger charge is 2.32. The molecular formula is C20H27NO3. The Bertz CT molecular complexity index is 589. The molecule has 1 aliphatic rings. The summed E-state index contributed by atoms with van der Waals surface area (Å²) in [5.74, 6) is 0.149. The molecule has 1 aliphatic heterocycles. The quantitative estimate of drug-likeness (QED) is 0.625. The number of carbonyl (C=O) groups excluding carboxylic acids is 2. The van der Waals surface area contributed by atoms with E-state index in [1.807, 2.05) is 62.1 Å². The second-order valence-electron chi connectivity index (χ2n) is 7.36. The summed E-state index contributed by atoms with van der Waals surface area (Å²) in [7, 11) is 0. The van der Waals surface area contributed by atoms with Crippen molar-refractivity contribution in [1.29, 1.82) is 0 Å². The van der Waals surface area contributed by atoms with Crippen LogP contribution >= 0.6 is 0 Å². The number of esters is 1. The zero-order valence-electron chi connectivity index (χ0n) is 14.8. The van der Waals surface area contributed by atoms with Crippen LogP contribution in [0.5, 0.6) is 0 Å². The molecule has 0 N–H and O–H groups in total. The lowest BCUT2D eigenvalue weighted by Gasteiger charge is -2.37. The van der Waals surface area contributed by atoms with E-state index in [0.717, 1.165) is 6.42 Å². The molecule has 1 heterocycles. The number of ether oxygens (including phenoxy) is 1. The molecular weight excluding hydrogens is 302 g/mol. The number of hydrogen-bond acceptors (Lipinski definition) is 3. The van der Waals surface area contributed by atoms with Crippen LogP contribution in [0.25, 0.3) is 0 Å². The van der Waals surface area contributed by atoms with Crippen molar-refractivity contribution in [3.05, 3.63) is 48.6 Å². The fourth-order valence-electron chi connectivity index (χ4n) is 3.10. The van der Waals surface area contributed by atoms with E-state index in [2.05, 4.69) is 6.58 Å². The Balaban J connectivity index is 1.97. The van der Waals surface area contributed by atoms with Crippen molar-refractivity contribution >= 4 is 11.9 Å². The van der Waals surface area contributed by atoms with Gasteiger partial charge < -0.3 is 9.64 Å². The lowest BCUT2D eigenvalue weighted by atomic mass is 9.83. The highest BCUT2D eigenvalue weighted by molar-refractivity contribution is 5.94. The van der Waals surface area contributed by atoms with E-state index >= 15 is 0 Å². The number of piperidine rings is 1. The summed E-state index contributed by atoms with van der Waals surface area (Å²) < 4.78 is 5.42. The number of carbonyl (C=O) groups is 2. The van der Waals surface area contributed by atoms with Crippen molar-refractivity contribution in [2.24, 2.45) is 11.8 Å². The lowest BCUT2D eigenvalue weighted by Crippen LogP contribution is -2.44. The topological polar surface area (TPSA) is 46.6 Å². The Kier molecular flexibility index (Phi) is 5.81. The Morgan fingerprint density at radius 2 is 1.96 bits per heavy atom. The summed E-state index contributed by atoms with van der Waals surface area (Å²) in [6.07, 6.45) is 3.02. The fraction of sp³-hybridized carbons (Fsp3) is 0.500. The number of rotatable bonds is 4. The predicted molar refractivity (Wildman–Crippen MR) is 94.6 cm³/mol. The summed E-state index contributed by atoms with van der Waals surface area (Å²) >= 11 is 0. The smallest absolute Gasteiger partial charge is 0.306 e. The van der Waals surface area contributed by atoms with Gasteiger partial charge in [0, 0.05) is 25.1 Å². The van der Waals surface area contributed by atoms with Crippen LogP contribution in [-0.2, 0) is 9.53 Å². The van der Waals surface area contributed by atoms with Crippen molar-refractivity contribution in [2.75, 3.05) is 13.1 Å². The van der Waals surface area contributed by atoms with E-state index in [1.54, 1.807) is 0 Å². The molecule has 0 radical (unpaired) electrons. The standard InChI is InChI=1S/C20H27NO3/c1-5-15-14-21(19(23)16-9-7-6-8-10-16)12-11-17(15)13-18(22)24-20(2,3)4/h5-10,15,17H,1,11-14H2,2-4H3. The largest absolute Gasteiger partial charge is 0.460 e. The molecule has 4 heteroatoms. The van der Waals surface area contributed by atoms with E-state index in [-0.39, 0.29) is 23.7 Å². The molecule has 0 aliphatic carbocycles. The molecule has 1 aromatic carbocycles. The van der Waals surface area contributed by atoms with Crippen LogP contribution in [0.1, 0.15) is 44.0 Å². The van der Waals surface area contributed by atoms with Crippen LogP contribution < -0.4 is 0 Å². The minimum absolute atomic E-state index is 0.0400. The third kappa shape index (κ3) is 4.95. The molecule has 1 saturated heterocycles. The van der Waals surface area contributed by atoms with E-state index in [1.165, 1.54) is 0 Å². The van der Waals surface area contributed by atoms with Gasteiger partial charge in [0.25, 0.3) is 5.91 Å². The van der Waals surface area contributed by atoms with E-state index in [0.29, 0.717) is 25.1 Å². The van der Waals surface area contributed by atoms with Crippen molar-refractivity contribution < 1.29 is 14.3 Å². The molecule has 1 aromatic rings. The Labute approximate surface area is 144 Å². The number of amides is 1. The zero-order chi connectivity index (χ0) is 17.7. The van der Waals surface area contributed by atoms with Gasteiger partial charge in [-0.2, -0.15) is 0 Å². The summed E-state index contributed by atoms with van der Waals surface area (Å²) in [4.78, 5) is 26.5. The number of likely N-dealkylation sites (tertiary alicyclic amines) is 1. The fourth-order valence-corrected chi connectivity index (χ4v) is 3.10. The first kappa shape index (κ1) is 18.2. The van der Waals surface area contributed by atoms with Crippen molar-refractivity contribution in [1.82, 2.24) is 4.90 Å². The minimum atomic E-state index is -0.468. The van der Waals surface area contributed by atoms with E-state index in [9.17, 15) is 9.59 Å². The summed E-state index contributed by atoms with van der Waals surface area (Å²) in [6, 6.07) is 9.30. The zero-order valence-corrected chi connectivity index (χ0v) is 14.8. The molecule has 0 spiro atoms. The van der Waals surface area contributed by atoms with Crippen molar-refractivity contribution in [3.63, 3.8) is 0 Å². The highest BCUT2D eigenvalue weighted by Crippen LogP contribution is 2.29. The van der Waals surface area contributed by atoms with Gasteiger partial charge in [-0.25, -0.2) is 0 Å². The number of hydrogen-bond donors (Lipinski definition) is 0. The molecule has 2 atom stereocenters. The lowest BCUT2D eigenvalue weighted by molar-refractivity contribution is -0.156. The average Bonchev–Trinajstić information content (AvgIpc) is 2.53. The normalized spacial score (nSPS) is 21.2. The molecule has 0 bridgehead atoms. The highest BCUT2D eigenvalue weighted by atomic mass is 16.6. The van der Waals surface area contributed by atoms with Gasteiger partial charge in [0.05, 0.1) is 0 Å². The van der Waals surface area contributed by atoms with Crippen LogP contribution in [-0.4, -0.2) is 35.5 Å². The summed E-state index contributed by atoms with van der Waals surface area (Å²) in [5.41, 5.74) is 0.232. The van der Waals surface area contributed by atoms with Crippen LogP contribution in [0.3, 0.4) is 0 Å². The van der Waals surface area contributed by atoms with Gasteiger partial charge in [0.2, 0.25) is 0 Å². The molecule has 0 saturated carbocycles. The Morgan fingerprint density at radius 3 is 2.54 bits per heavy atom. The van der Waals surface area contributed by atoms with Gasteiger partial charge in [-0.05, 0) is 51.2 Å². The summed E-state index contributed by atoms with van der Waals surface area (Å²) in [6.45, 7) is 10.8. The van der Waals surface area contributed by atoms with E-state index in [4.69, 9.17) is 4.74 Å². The second-order valence-corrected chi connectivity index (χ2v) is 7.36. The van der Waals surface area contributed by atoms with Crippen LogP contribution in [0, 0.1) is 11.8 Å². The van der Waals surface area contributed by atoms with Crippen LogP contribution in [0.15, 0.2) is 43.0 Å². The molecule has 2 rings (SSSR count). The van der Waals surface area contributed by atoms with Crippen molar-refractivity contribution in [3.8, 4) is 0 Å². The first-order valence-electron chi connectivity index (χ1n) is 8.49. The Morgan fingerprint density at radius 1 is 1.29 bits per heavy atom. The van der Waals surface area contributed by atoms with Gasteiger partial charge in [0.1, 0.15) is 5.60 Å². The predicted octanol–water partition coefficient (Wildman–Crippen LogP) is 3.68. The Hall–Kier alpha value is -2.10. The van der Waals surface area contributed by atoms with Gasteiger partial charge in [-0.15, -0.1) is 6.58 Å². The van der Waals surface area contributed by atoms with E-state index < -0.39 is 5.60 Å². The minimum Gasteiger partial charge on any atom is -0.460 e. The van der Waals surface area contributed by atoms with Crippen molar-refractivity contribution in [2.45, 2.75) is 39.2 Å². The summed E-state index contributed by atoms with van der Waals surface area (Å²) in [5, 5.41) is 0. The molecule has 24 heavy (non-hydrogen) atoms. The second kappa shape index (κ2) is 7.65.